The van der Waals surface area contributed by atoms with E-state index in [0.717, 1.165) is 5.56 Å². The molecule has 1 amide bonds. The molecule has 0 fully saturated rings. The minimum Gasteiger partial charge on any atom is -0.482 e. The van der Waals surface area contributed by atoms with Crippen molar-refractivity contribution in [1.29, 1.82) is 0 Å². The SMILES string of the molecule is CC(CC(F)(F)F)NC(C)c1ccc2c(c1)NC(=O)CO2. The van der Waals surface area contributed by atoms with Crippen molar-refractivity contribution in [2.24, 2.45) is 0 Å². The molecule has 0 aromatic heterocycles. The quantitative estimate of drug-likeness (QED) is 0.899. The average molecular weight is 302 g/mol. The van der Waals surface area contributed by atoms with Crippen molar-refractivity contribution >= 4 is 11.6 Å². The fourth-order valence-electron chi connectivity index (χ4n) is 2.30. The van der Waals surface area contributed by atoms with Crippen LogP contribution in [0.2, 0.25) is 0 Å². The number of anilines is 1. The fourth-order valence-corrected chi connectivity index (χ4v) is 2.30. The first-order valence-corrected chi connectivity index (χ1v) is 6.64. The maximum atomic E-state index is 12.3. The van der Waals surface area contributed by atoms with Crippen LogP contribution in [-0.4, -0.2) is 24.7 Å². The van der Waals surface area contributed by atoms with Gasteiger partial charge in [0.05, 0.1) is 12.1 Å². The molecule has 0 saturated carbocycles. The van der Waals surface area contributed by atoms with E-state index in [1.807, 2.05) is 0 Å². The van der Waals surface area contributed by atoms with Crippen molar-refractivity contribution in [2.45, 2.75) is 38.5 Å². The van der Waals surface area contributed by atoms with E-state index in [2.05, 4.69) is 10.6 Å². The van der Waals surface area contributed by atoms with Crippen LogP contribution < -0.4 is 15.4 Å². The van der Waals surface area contributed by atoms with E-state index in [1.165, 1.54) is 6.92 Å². The molecule has 2 N–H and O–H groups in total. The molecule has 0 bridgehead atoms. The third-order valence-corrected chi connectivity index (χ3v) is 3.21. The zero-order valence-corrected chi connectivity index (χ0v) is 11.8. The number of carbonyl (C=O) groups is 1. The van der Waals surface area contributed by atoms with Gasteiger partial charge in [0, 0.05) is 12.1 Å². The van der Waals surface area contributed by atoms with Gasteiger partial charge < -0.3 is 15.4 Å². The Morgan fingerprint density at radius 1 is 1.38 bits per heavy atom. The van der Waals surface area contributed by atoms with Gasteiger partial charge in [-0.2, -0.15) is 13.2 Å². The lowest BCUT2D eigenvalue weighted by Gasteiger charge is -2.23. The largest absolute Gasteiger partial charge is 0.482 e. The van der Waals surface area contributed by atoms with Crippen LogP contribution >= 0.6 is 0 Å². The lowest BCUT2D eigenvalue weighted by molar-refractivity contribution is -0.139. The second-order valence-corrected chi connectivity index (χ2v) is 5.20. The Kier molecular flexibility index (Phi) is 4.41. The topological polar surface area (TPSA) is 50.4 Å². The molecule has 1 heterocycles. The molecule has 7 heteroatoms. The Labute approximate surface area is 120 Å². The van der Waals surface area contributed by atoms with E-state index >= 15 is 0 Å². The maximum absolute atomic E-state index is 12.3. The highest BCUT2D eigenvalue weighted by Gasteiger charge is 2.30. The summed E-state index contributed by atoms with van der Waals surface area (Å²) in [4.78, 5) is 11.3. The van der Waals surface area contributed by atoms with Gasteiger partial charge in [-0.3, -0.25) is 4.79 Å². The highest BCUT2D eigenvalue weighted by Crippen LogP contribution is 2.31. The smallest absolute Gasteiger partial charge is 0.390 e. The molecule has 0 aliphatic carbocycles. The molecule has 1 aliphatic rings. The summed E-state index contributed by atoms with van der Waals surface area (Å²) in [5.41, 5.74) is 1.33. The monoisotopic (exact) mass is 302 g/mol. The Balaban J connectivity index is 2.04. The predicted molar refractivity (Wildman–Crippen MR) is 72.3 cm³/mol. The van der Waals surface area contributed by atoms with Crippen LogP contribution in [0.1, 0.15) is 31.9 Å². The molecule has 21 heavy (non-hydrogen) atoms. The van der Waals surface area contributed by atoms with Crippen molar-refractivity contribution < 1.29 is 22.7 Å². The van der Waals surface area contributed by atoms with Crippen molar-refractivity contribution in [3.05, 3.63) is 23.8 Å². The molecule has 1 aromatic rings. The molecular formula is C14H17F3N2O2. The highest BCUT2D eigenvalue weighted by atomic mass is 19.4. The minimum absolute atomic E-state index is 0.0250. The summed E-state index contributed by atoms with van der Waals surface area (Å²) in [6, 6.07) is 4.23. The summed E-state index contributed by atoms with van der Waals surface area (Å²) in [5, 5.41) is 5.57. The van der Waals surface area contributed by atoms with Gasteiger partial charge in [0.25, 0.3) is 5.91 Å². The molecule has 4 nitrogen and oxygen atoms in total. The molecule has 2 rings (SSSR count). The number of nitrogens with one attached hydrogen (secondary N) is 2. The van der Waals surface area contributed by atoms with Crippen molar-refractivity contribution in [1.82, 2.24) is 5.32 Å². The zero-order chi connectivity index (χ0) is 15.6. The Morgan fingerprint density at radius 3 is 2.76 bits per heavy atom. The van der Waals surface area contributed by atoms with E-state index in [4.69, 9.17) is 4.74 Å². The summed E-state index contributed by atoms with van der Waals surface area (Å²) in [5.74, 6) is 0.319. The molecule has 0 spiro atoms. The van der Waals surface area contributed by atoms with Gasteiger partial charge in [-0.05, 0) is 31.5 Å². The second kappa shape index (κ2) is 5.93. The standard InChI is InChI=1S/C14H17F3N2O2/c1-8(6-14(15,16)17)18-9(2)10-3-4-12-11(5-10)19-13(20)7-21-12/h3-5,8-9,18H,6-7H2,1-2H3,(H,19,20). The van der Waals surface area contributed by atoms with Gasteiger partial charge >= 0.3 is 6.18 Å². The van der Waals surface area contributed by atoms with Crippen LogP contribution in [0, 0.1) is 0 Å². The van der Waals surface area contributed by atoms with Gasteiger partial charge in [-0.1, -0.05) is 6.07 Å². The summed E-state index contributed by atoms with van der Waals surface area (Å²) >= 11 is 0. The minimum atomic E-state index is -4.19. The van der Waals surface area contributed by atoms with Crippen LogP contribution in [0.25, 0.3) is 0 Å². The van der Waals surface area contributed by atoms with E-state index in [1.54, 1.807) is 25.1 Å². The highest BCUT2D eigenvalue weighted by molar-refractivity contribution is 5.95. The van der Waals surface area contributed by atoms with Gasteiger partial charge in [0.15, 0.2) is 6.61 Å². The molecule has 2 atom stereocenters. The number of alkyl halides is 3. The summed E-state index contributed by atoms with van der Waals surface area (Å²) in [6.07, 6.45) is -5.08. The van der Waals surface area contributed by atoms with Gasteiger partial charge in [-0.15, -0.1) is 0 Å². The number of carbonyl (C=O) groups excluding carboxylic acids is 1. The third kappa shape index (κ3) is 4.35. The first-order valence-electron chi connectivity index (χ1n) is 6.64. The van der Waals surface area contributed by atoms with Crippen LogP contribution in [0.3, 0.4) is 0 Å². The lowest BCUT2D eigenvalue weighted by Crippen LogP contribution is -2.33. The Morgan fingerprint density at radius 2 is 2.10 bits per heavy atom. The number of ether oxygens (including phenoxy) is 1. The number of benzene rings is 1. The summed E-state index contributed by atoms with van der Waals surface area (Å²) in [6.45, 7) is 3.25. The number of rotatable bonds is 4. The number of hydrogen-bond acceptors (Lipinski definition) is 3. The van der Waals surface area contributed by atoms with E-state index in [-0.39, 0.29) is 18.6 Å². The van der Waals surface area contributed by atoms with Crippen molar-refractivity contribution in [3.8, 4) is 5.75 Å². The molecule has 1 aliphatic heterocycles. The zero-order valence-electron chi connectivity index (χ0n) is 11.8. The molecule has 1 aromatic carbocycles. The third-order valence-electron chi connectivity index (χ3n) is 3.21. The molecule has 0 radical (unpaired) electrons. The van der Waals surface area contributed by atoms with Crippen molar-refractivity contribution in [2.75, 3.05) is 11.9 Å². The molecule has 116 valence electrons. The first-order chi connectivity index (χ1) is 9.74. The molecule has 0 saturated heterocycles. The van der Waals surface area contributed by atoms with E-state index in [9.17, 15) is 18.0 Å². The van der Waals surface area contributed by atoms with Crippen LogP contribution in [0.15, 0.2) is 18.2 Å². The number of fused-ring (bicyclic) bond motifs is 1. The molecule has 2 unspecified atom stereocenters. The van der Waals surface area contributed by atoms with Gasteiger partial charge in [0.1, 0.15) is 5.75 Å². The summed E-state index contributed by atoms with van der Waals surface area (Å²) in [7, 11) is 0. The van der Waals surface area contributed by atoms with E-state index < -0.39 is 18.6 Å². The van der Waals surface area contributed by atoms with Crippen LogP contribution in [-0.2, 0) is 4.79 Å². The predicted octanol–water partition coefficient (Wildman–Crippen LogP) is 3.01. The van der Waals surface area contributed by atoms with Crippen LogP contribution in [0.4, 0.5) is 18.9 Å². The Hall–Kier alpha value is -1.76. The van der Waals surface area contributed by atoms with Crippen LogP contribution in [0.5, 0.6) is 5.75 Å². The second-order valence-electron chi connectivity index (χ2n) is 5.20. The Bertz CT molecular complexity index is 531. The van der Waals surface area contributed by atoms with Gasteiger partial charge in [-0.25, -0.2) is 0 Å². The summed E-state index contributed by atoms with van der Waals surface area (Å²) < 4.78 is 42.2. The lowest BCUT2D eigenvalue weighted by atomic mass is 10.0. The number of amides is 1. The fraction of sp³-hybridized carbons (Fsp3) is 0.500. The maximum Gasteiger partial charge on any atom is 0.390 e. The molecular weight excluding hydrogens is 285 g/mol. The number of halogens is 3. The van der Waals surface area contributed by atoms with Gasteiger partial charge in [0.2, 0.25) is 0 Å². The average Bonchev–Trinajstić information content (AvgIpc) is 2.35. The van der Waals surface area contributed by atoms with E-state index in [0.29, 0.717) is 11.4 Å². The number of hydrogen-bond donors (Lipinski definition) is 2. The van der Waals surface area contributed by atoms with Crippen molar-refractivity contribution in [3.63, 3.8) is 0 Å². The normalized spacial score (nSPS) is 17.5. The first kappa shape index (κ1) is 15.6.